The standard InChI is InChI=1S/C18H15N3OS2/c1-22-14-6-4-5-12(9-14)17-19-13(10-23-17)11-24-18-20-15-7-2-3-8-16(15)21-18/h2-10H,11H2,1H3,(H,20,21). The van der Waals surface area contributed by atoms with Crippen LogP contribution in [0.5, 0.6) is 5.75 Å². The number of methoxy groups -OCH3 is 1. The number of aromatic nitrogens is 3. The number of rotatable bonds is 5. The summed E-state index contributed by atoms with van der Waals surface area (Å²) in [5.41, 5.74) is 4.20. The van der Waals surface area contributed by atoms with Crippen LogP contribution in [0.1, 0.15) is 5.69 Å². The van der Waals surface area contributed by atoms with Crippen LogP contribution in [0.3, 0.4) is 0 Å². The van der Waals surface area contributed by atoms with Crippen LogP contribution in [0.15, 0.2) is 59.1 Å². The summed E-state index contributed by atoms with van der Waals surface area (Å²) < 4.78 is 5.28. The number of fused-ring (bicyclic) bond motifs is 1. The molecule has 0 saturated heterocycles. The van der Waals surface area contributed by atoms with Crippen LogP contribution in [-0.2, 0) is 5.75 Å². The summed E-state index contributed by atoms with van der Waals surface area (Å²) in [6, 6.07) is 16.0. The number of benzene rings is 2. The van der Waals surface area contributed by atoms with Gasteiger partial charge in [-0.3, -0.25) is 0 Å². The van der Waals surface area contributed by atoms with Crippen molar-refractivity contribution in [1.82, 2.24) is 15.0 Å². The zero-order valence-electron chi connectivity index (χ0n) is 13.0. The third-order valence-corrected chi connectivity index (χ3v) is 5.44. The molecule has 0 unspecified atom stereocenters. The van der Waals surface area contributed by atoms with Crippen LogP contribution in [0, 0.1) is 0 Å². The zero-order chi connectivity index (χ0) is 16.4. The van der Waals surface area contributed by atoms with Gasteiger partial charge in [-0.1, -0.05) is 36.0 Å². The van der Waals surface area contributed by atoms with E-state index in [-0.39, 0.29) is 0 Å². The van der Waals surface area contributed by atoms with Gasteiger partial charge in [0.2, 0.25) is 0 Å². The van der Waals surface area contributed by atoms with Crippen molar-refractivity contribution in [2.45, 2.75) is 10.9 Å². The molecule has 0 bridgehead atoms. The molecule has 4 rings (SSSR count). The van der Waals surface area contributed by atoms with E-state index in [1.54, 1.807) is 30.2 Å². The van der Waals surface area contributed by atoms with Crippen molar-refractivity contribution < 1.29 is 4.74 Å². The van der Waals surface area contributed by atoms with Gasteiger partial charge in [-0.05, 0) is 24.3 Å². The van der Waals surface area contributed by atoms with Gasteiger partial charge in [0.05, 0.1) is 23.8 Å². The van der Waals surface area contributed by atoms with Crippen LogP contribution in [0.2, 0.25) is 0 Å². The molecule has 120 valence electrons. The molecule has 0 amide bonds. The van der Waals surface area contributed by atoms with E-state index < -0.39 is 0 Å². The molecule has 1 N–H and O–H groups in total. The Labute approximate surface area is 147 Å². The van der Waals surface area contributed by atoms with Gasteiger partial charge in [0, 0.05) is 16.7 Å². The first-order valence-electron chi connectivity index (χ1n) is 7.48. The lowest BCUT2D eigenvalue weighted by Gasteiger charge is -2.01. The second-order valence-electron chi connectivity index (χ2n) is 5.22. The minimum absolute atomic E-state index is 0.792. The van der Waals surface area contributed by atoms with Crippen LogP contribution >= 0.6 is 23.1 Å². The third kappa shape index (κ3) is 3.16. The monoisotopic (exact) mass is 353 g/mol. The molecule has 0 aliphatic heterocycles. The van der Waals surface area contributed by atoms with Gasteiger partial charge in [-0.25, -0.2) is 9.97 Å². The topological polar surface area (TPSA) is 50.8 Å². The second-order valence-corrected chi connectivity index (χ2v) is 7.05. The van der Waals surface area contributed by atoms with Crippen LogP contribution < -0.4 is 4.74 Å². The summed E-state index contributed by atoms with van der Waals surface area (Å²) in [5.74, 6) is 1.64. The molecule has 0 aliphatic rings. The Balaban J connectivity index is 1.48. The number of ether oxygens (including phenoxy) is 1. The third-order valence-electron chi connectivity index (χ3n) is 3.59. The molecule has 0 radical (unpaired) electrons. The Kier molecular flexibility index (Phi) is 4.23. The predicted molar refractivity (Wildman–Crippen MR) is 99.8 cm³/mol. The van der Waals surface area contributed by atoms with Crippen LogP contribution in [-0.4, -0.2) is 22.1 Å². The molecule has 0 saturated carbocycles. The number of H-pyrrole nitrogens is 1. The van der Waals surface area contributed by atoms with Gasteiger partial charge in [0.1, 0.15) is 10.8 Å². The highest BCUT2D eigenvalue weighted by atomic mass is 32.2. The lowest BCUT2D eigenvalue weighted by molar-refractivity contribution is 0.415. The summed E-state index contributed by atoms with van der Waals surface area (Å²) in [6.45, 7) is 0. The minimum Gasteiger partial charge on any atom is -0.497 e. The Bertz CT molecular complexity index is 944. The SMILES string of the molecule is COc1cccc(-c2nc(CSc3nc4ccccc4[nH]3)cs2)c1. The maximum atomic E-state index is 5.28. The number of thioether (sulfide) groups is 1. The summed E-state index contributed by atoms with van der Waals surface area (Å²) in [7, 11) is 1.68. The first kappa shape index (κ1) is 15.2. The largest absolute Gasteiger partial charge is 0.497 e. The quantitative estimate of drug-likeness (QED) is 0.514. The average Bonchev–Trinajstić information content (AvgIpc) is 3.26. The van der Waals surface area contributed by atoms with Crippen LogP contribution in [0.25, 0.3) is 21.6 Å². The van der Waals surface area contributed by atoms with Crippen molar-refractivity contribution in [2.24, 2.45) is 0 Å². The van der Waals surface area contributed by atoms with Crippen molar-refractivity contribution in [1.29, 1.82) is 0 Å². The van der Waals surface area contributed by atoms with Gasteiger partial charge in [-0.2, -0.15) is 0 Å². The van der Waals surface area contributed by atoms with Crippen molar-refractivity contribution in [2.75, 3.05) is 7.11 Å². The molecule has 0 atom stereocenters. The number of hydrogen-bond donors (Lipinski definition) is 1. The molecule has 24 heavy (non-hydrogen) atoms. The molecule has 0 aliphatic carbocycles. The number of imidazole rings is 1. The number of aromatic amines is 1. The fourth-order valence-corrected chi connectivity index (χ4v) is 4.10. The fourth-order valence-electron chi connectivity index (χ4n) is 2.40. The maximum Gasteiger partial charge on any atom is 0.166 e. The van der Waals surface area contributed by atoms with E-state index in [0.29, 0.717) is 0 Å². The summed E-state index contributed by atoms with van der Waals surface area (Å²) in [6.07, 6.45) is 0. The smallest absolute Gasteiger partial charge is 0.166 e. The maximum absolute atomic E-state index is 5.28. The minimum atomic E-state index is 0.792. The van der Waals surface area contributed by atoms with E-state index in [2.05, 4.69) is 21.4 Å². The summed E-state index contributed by atoms with van der Waals surface area (Å²) >= 11 is 3.32. The van der Waals surface area contributed by atoms with Crippen molar-refractivity contribution >= 4 is 34.1 Å². The second kappa shape index (κ2) is 6.67. The number of nitrogens with one attached hydrogen (secondary N) is 1. The van der Waals surface area contributed by atoms with E-state index in [1.807, 2.05) is 42.5 Å². The van der Waals surface area contributed by atoms with Gasteiger partial charge < -0.3 is 9.72 Å². The van der Waals surface area contributed by atoms with E-state index >= 15 is 0 Å². The summed E-state index contributed by atoms with van der Waals surface area (Å²) in [4.78, 5) is 12.6. The Hall–Kier alpha value is -2.31. The number of hydrogen-bond acceptors (Lipinski definition) is 5. The number of nitrogens with zero attached hydrogens (tertiary/aromatic N) is 2. The van der Waals surface area contributed by atoms with Gasteiger partial charge in [-0.15, -0.1) is 11.3 Å². The predicted octanol–water partition coefficient (Wildman–Crippen LogP) is 4.99. The molecule has 6 heteroatoms. The van der Waals surface area contributed by atoms with Gasteiger partial charge >= 0.3 is 0 Å². The highest BCUT2D eigenvalue weighted by Gasteiger charge is 2.08. The Morgan fingerprint density at radius 3 is 2.92 bits per heavy atom. The molecular weight excluding hydrogens is 338 g/mol. The van der Waals surface area contributed by atoms with E-state index in [4.69, 9.17) is 9.72 Å². The van der Waals surface area contributed by atoms with E-state index in [1.165, 1.54) is 0 Å². The highest BCUT2D eigenvalue weighted by molar-refractivity contribution is 7.98. The first-order valence-corrected chi connectivity index (χ1v) is 9.35. The Morgan fingerprint density at radius 1 is 1.12 bits per heavy atom. The molecule has 4 nitrogen and oxygen atoms in total. The van der Waals surface area contributed by atoms with Gasteiger partial charge in [0.25, 0.3) is 0 Å². The van der Waals surface area contributed by atoms with E-state index in [0.717, 1.165) is 44.0 Å². The number of para-hydroxylation sites is 2. The van der Waals surface area contributed by atoms with E-state index in [9.17, 15) is 0 Å². The molecular formula is C18H15N3OS2. The average molecular weight is 353 g/mol. The zero-order valence-corrected chi connectivity index (χ0v) is 14.7. The highest BCUT2D eigenvalue weighted by Crippen LogP contribution is 2.29. The van der Waals surface area contributed by atoms with Crippen molar-refractivity contribution in [3.8, 4) is 16.3 Å². The van der Waals surface area contributed by atoms with Crippen molar-refractivity contribution in [3.05, 3.63) is 59.6 Å². The molecule has 0 spiro atoms. The normalized spacial score (nSPS) is 11.0. The fraction of sp³-hybridized carbons (Fsp3) is 0.111. The molecule has 4 aromatic rings. The molecule has 2 aromatic heterocycles. The van der Waals surface area contributed by atoms with Crippen molar-refractivity contribution in [3.63, 3.8) is 0 Å². The molecule has 2 heterocycles. The van der Waals surface area contributed by atoms with Gasteiger partial charge in [0.15, 0.2) is 5.16 Å². The lowest BCUT2D eigenvalue weighted by Crippen LogP contribution is -1.85. The molecule has 2 aromatic carbocycles. The Morgan fingerprint density at radius 2 is 2.04 bits per heavy atom. The lowest BCUT2D eigenvalue weighted by atomic mass is 10.2. The first-order chi connectivity index (χ1) is 11.8. The summed E-state index contributed by atoms with van der Waals surface area (Å²) in [5, 5.41) is 4.03. The van der Waals surface area contributed by atoms with Crippen LogP contribution in [0.4, 0.5) is 0 Å². The number of thiazole rings is 1. The molecule has 0 fully saturated rings.